The number of hydrogen-bond donors (Lipinski definition) is 0. The number of hydrogen-bond acceptors (Lipinski definition) is 6. The van der Waals surface area contributed by atoms with Crippen molar-refractivity contribution in [3.63, 3.8) is 0 Å². The smallest absolute Gasteiger partial charge is 0.243 e. The predicted molar refractivity (Wildman–Crippen MR) is 131 cm³/mol. The van der Waals surface area contributed by atoms with E-state index in [2.05, 4.69) is 13.8 Å². The van der Waals surface area contributed by atoms with Crippen molar-refractivity contribution in [2.75, 3.05) is 39.4 Å². The van der Waals surface area contributed by atoms with Gasteiger partial charge in [-0.25, -0.2) is 16.8 Å². The molecule has 1 aliphatic rings. The number of rotatable bonds is 12. The van der Waals surface area contributed by atoms with Gasteiger partial charge in [-0.2, -0.15) is 8.61 Å². The summed E-state index contributed by atoms with van der Waals surface area (Å²) >= 11 is 0. The first-order chi connectivity index (χ1) is 16.3. The highest BCUT2D eigenvalue weighted by Crippen LogP contribution is 2.24. The Morgan fingerprint density at radius 2 is 0.941 bits per heavy atom. The lowest BCUT2D eigenvalue weighted by atomic mass is 10.3. The van der Waals surface area contributed by atoms with Crippen molar-refractivity contribution in [1.29, 1.82) is 0 Å². The van der Waals surface area contributed by atoms with E-state index in [0.29, 0.717) is 24.7 Å². The van der Waals surface area contributed by atoms with Crippen LogP contribution in [0, 0.1) is 0 Å². The van der Waals surface area contributed by atoms with Crippen LogP contribution in [0.3, 0.4) is 0 Å². The number of sulfonamides is 2. The summed E-state index contributed by atoms with van der Waals surface area (Å²) in [4.78, 5) is 0.343. The molecule has 1 fully saturated rings. The minimum Gasteiger partial charge on any atom is -0.494 e. The molecule has 0 radical (unpaired) electrons. The molecule has 0 atom stereocenters. The molecular formula is C24H34N2O6S2. The van der Waals surface area contributed by atoms with Crippen LogP contribution < -0.4 is 9.47 Å². The van der Waals surface area contributed by atoms with E-state index in [9.17, 15) is 16.8 Å². The lowest BCUT2D eigenvalue weighted by Gasteiger charge is -2.33. The summed E-state index contributed by atoms with van der Waals surface area (Å²) in [6.45, 7) is 5.70. The molecule has 0 aliphatic carbocycles. The Balaban J connectivity index is 1.60. The van der Waals surface area contributed by atoms with Crippen molar-refractivity contribution in [1.82, 2.24) is 8.61 Å². The van der Waals surface area contributed by atoms with E-state index in [1.54, 1.807) is 24.3 Å². The summed E-state index contributed by atoms with van der Waals surface area (Å²) in [5.74, 6) is 1.26. The molecule has 0 bridgehead atoms. The third-order valence-corrected chi connectivity index (χ3v) is 9.48. The average molecular weight is 511 g/mol. The third-order valence-electron chi connectivity index (χ3n) is 5.65. The molecule has 0 N–H and O–H groups in total. The molecule has 10 heteroatoms. The van der Waals surface area contributed by atoms with Crippen LogP contribution in [0.4, 0.5) is 0 Å². The minimum atomic E-state index is -3.71. The Labute approximate surface area is 203 Å². The SMILES string of the molecule is CCCCOc1ccc(S(=O)(=O)N2CCN(S(=O)(=O)c3ccc(OCCCC)cc3)CC2)cc1. The van der Waals surface area contributed by atoms with E-state index in [1.807, 2.05) is 0 Å². The lowest BCUT2D eigenvalue weighted by molar-refractivity contribution is 0.272. The van der Waals surface area contributed by atoms with Crippen molar-refractivity contribution >= 4 is 20.0 Å². The normalized spacial score (nSPS) is 15.8. The van der Waals surface area contributed by atoms with Gasteiger partial charge in [0.25, 0.3) is 0 Å². The van der Waals surface area contributed by atoms with Crippen LogP contribution in [0.1, 0.15) is 39.5 Å². The molecule has 3 rings (SSSR count). The Bertz CT molecular complexity index is 1020. The average Bonchev–Trinajstić information content (AvgIpc) is 2.85. The van der Waals surface area contributed by atoms with Gasteiger partial charge < -0.3 is 9.47 Å². The number of ether oxygens (including phenoxy) is 2. The molecule has 34 heavy (non-hydrogen) atoms. The second kappa shape index (κ2) is 12.0. The van der Waals surface area contributed by atoms with Gasteiger partial charge in [-0.15, -0.1) is 0 Å². The molecule has 1 saturated heterocycles. The van der Waals surface area contributed by atoms with Gasteiger partial charge in [0, 0.05) is 26.2 Å². The van der Waals surface area contributed by atoms with Crippen LogP contribution in [0.15, 0.2) is 58.3 Å². The molecule has 0 amide bonds. The summed E-state index contributed by atoms with van der Waals surface area (Å²) in [5.41, 5.74) is 0. The molecular weight excluding hydrogens is 476 g/mol. The fourth-order valence-corrected chi connectivity index (χ4v) is 6.38. The summed E-state index contributed by atoms with van der Waals surface area (Å²) in [6.07, 6.45) is 3.91. The number of nitrogens with zero attached hydrogens (tertiary/aromatic N) is 2. The Morgan fingerprint density at radius 1 is 0.618 bits per heavy atom. The highest BCUT2D eigenvalue weighted by molar-refractivity contribution is 7.89. The van der Waals surface area contributed by atoms with Crippen molar-refractivity contribution < 1.29 is 26.3 Å². The van der Waals surface area contributed by atoms with Gasteiger partial charge in [0.15, 0.2) is 0 Å². The number of benzene rings is 2. The number of piperazine rings is 1. The molecule has 1 heterocycles. The van der Waals surface area contributed by atoms with Crippen LogP contribution in [0.5, 0.6) is 11.5 Å². The fraction of sp³-hybridized carbons (Fsp3) is 0.500. The largest absolute Gasteiger partial charge is 0.494 e. The second-order valence-corrected chi connectivity index (χ2v) is 12.0. The minimum absolute atomic E-state index is 0.0918. The molecule has 2 aromatic carbocycles. The lowest BCUT2D eigenvalue weighted by Crippen LogP contribution is -2.50. The van der Waals surface area contributed by atoms with E-state index >= 15 is 0 Å². The Kier molecular flexibility index (Phi) is 9.35. The maximum Gasteiger partial charge on any atom is 0.243 e. The molecule has 1 aliphatic heterocycles. The van der Waals surface area contributed by atoms with Crippen molar-refractivity contribution in [3.8, 4) is 11.5 Å². The first kappa shape index (κ1) is 26.5. The molecule has 0 spiro atoms. The van der Waals surface area contributed by atoms with Crippen LogP contribution in [-0.4, -0.2) is 64.8 Å². The van der Waals surface area contributed by atoms with Gasteiger partial charge in [-0.1, -0.05) is 26.7 Å². The zero-order chi connectivity index (χ0) is 24.6. The quantitative estimate of drug-likeness (QED) is 0.404. The van der Waals surface area contributed by atoms with Crippen molar-refractivity contribution in [3.05, 3.63) is 48.5 Å². The van der Waals surface area contributed by atoms with Crippen LogP contribution >= 0.6 is 0 Å². The summed E-state index contributed by atoms with van der Waals surface area (Å²) in [5, 5.41) is 0. The van der Waals surface area contributed by atoms with Crippen molar-refractivity contribution in [2.45, 2.75) is 49.3 Å². The predicted octanol–water partition coefficient (Wildman–Crippen LogP) is 3.74. The topological polar surface area (TPSA) is 93.2 Å². The van der Waals surface area contributed by atoms with E-state index < -0.39 is 20.0 Å². The molecule has 0 unspecified atom stereocenters. The summed E-state index contributed by atoms with van der Waals surface area (Å²) in [6, 6.07) is 12.7. The van der Waals surface area contributed by atoms with Gasteiger partial charge in [0.1, 0.15) is 11.5 Å². The zero-order valence-electron chi connectivity index (χ0n) is 19.9. The first-order valence-corrected chi connectivity index (χ1v) is 14.6. The molecule has 188 valence electrons. The highest BCUT2D eigenvalue weighted by Gasteiger charge is 2.33. The Morgan fingerprint density at radius 3 is 1.24 bits per heavy atom. The molecule has 0 saturated carbocycles. The van der Waals surface area contributed by atoms with Gasteiger partial charge in [0.2, 0.25) is 20.0 Å². The standard InChI is InChI=1S/C24H34N2O6S2/c1-3-5-19-31-21-7-11-23(12-8-21)33(27,28)25-15-17-26(18-16-25)34(29,30)24-13-9-22(10-14-24)32-20-6-4-2/h7-14H,3-6,15-20H2,1-2H3. The third kappa shape index (κ3) is 6.50. The maximum atomic E-state index is 13.0. The monoisotopic (exact) mass is 510 g/mol. The van der Waals surface area contributed by atoms with Crippen LogP contribution in [0.25, 0.3) is 0 Å². The molecule has 0 aromatic heterocycles. The molecule has 2 aromatic rings. The fourth-order valence-electron chi connectivity index (χ4n) is 3.53. The summed E-state index contributed by atoms with van der Waals surface area (Å²) < 4.78 is 66.0. The van der Waals surface area contributed by atoms with Crippen LogP contribution in [-0.2, 0) is 20.0 Å². The first-order valence-electron chi connectivity index (χ1n) is 11.7. The van der Waals surface area contributed by atoms with E-state index in [4.69, 9.17) is 9.47 Å². The zero-order valence-corrected chi connectivity index (χ0v) is 21.5. The van der Waals surface area contributed by atoms with Gasteiger partial charge in [-0.05, 0) is 61.4 Å². The highest BCUT2D eigenvalue weighted by atomic mass is 32.2. The van der Waals surface area contributed by atoms with E-state index in [-0.39, 0.29) is 36.0 Å². The van der Waals surface area contributed by atoms with Crippen LogP contribution in [0.2, 0.25) is 0 Å². The Hall–Kier alpha value is -2.14. The van der Waals surface area contributed by atoms with E-state index in [1.165, 1.54) is 32.9 Å². The summed E-state index contributed by atoms with van der Waals surface area (Å²) in [7, 11) is -7.43. The number of unbranched alkanes of at least 4 members (excludes halogenated alkanes) is 2. The molecule has 8 nitrogen and oxygen atoms in total. The van der Waals surface area contributed by atoms with Gasteiger partial charge in [0.05, 0.1) is 23.0 Å². The maximum absolute atomic E-state index is 13.0. The van der Waals surface area contributed by atoms with Gasteiger partial charge in [-0.3, -0.25) is 0 Å². The van der Waals surface area contributed by atoms with E-state index in [0.717, 1.165) is 25.7 Å². The second-order valence-electron chi connectivity index (χ2n) is 8.16. The van der Waals surface area contributed by atoms with Gasteiger partial charge >= 0.3 is 0 Å². The van der Waals surface area contributed by atoms with Crippen molar-refractivity contribution in [2.24, 2.45) is 0 Å².